The van der Waals surface area contributed by atoms with Gasteiger partial charge in [-0.25, -0.2) is 22.0 Å². The van der Waals surface area contributed by atoms with Gasteiger partial charge in [0.05, 0.1) is 11.0 Å². The fraction of sp³-hybridized carbons (Fsp3) is 0.500. The molecule has 0 aromatic heterocycles. The fourth-order valence-corrected chi connectivity index (χ4v) is 14.9. The largest absolute Gasteiger partial charge is 0.329 e. The number of allylic oxidation sites excluding steroid dienone is 1. The lowest BCUT2D eigenvalue weighted by Crippen LogP contribution is -2.39. The van der Waals surface area contributed by atoms with E-state index in [-0.39, 0.29) is 16.8 Å². The van der Waals surface area contributed by atoms with Gasteiger partial charge in [0.2, 0.25) is 5.82 Å². The maximum absolute atomic E-state index is 14.0. The van der Waals surface area contributed by atoms with Crippen LogP contribution in [0.15, 0.2) is 17.0 Å². The average Bonchev–Trinajstić information content (AvgIpc) is 2.84. The molecule has 2 unspecified atom stereocenters. The molecule has 26 heavy (non-hydrogen) atoms. The van der Waals surface area contributed by atoms with E-state index in [2.05, 4.69) is 6.58 Å². The maximum Gasteiger partial charge on any atom is 0.200 e. The topological polar surface area (TPSA) is 9.23 Å². The molecule has 1 aliphatic carbocycles. The van der Waals surface area contributed by atoms with Crippen molar-refractivity contribution in [2.75, 3.05) is 0 Å². The minimum absolute atomic E-state index is 0.234. The molecule has 1 saturated carbocycles. The smallest absolute Gasteiger partial charge is 0.200 e. The Balaban J connectivity index is 1.91. The van der Waals surface area contributed by atoms with Crippen LogP contribution in [0.25, 0.3) is 0 Å². The lowest BCUT2D eigenvalue weighted by atomic mass is 9.77. The fourth-order valence-electron chi connectivity index (χ4n) is 3.20. The molecular weight excluding hydrogens is 430 g/mol. The van der Waals surface area contributed by atoms with E-state index in [1.54, 1.807) is 0 Å². The third-order valence-corrected chi connectivity index (χ3v) is 13.8. The Morgan fingerprint density at radius 1 is 1.19 bits per heavy atom. The summed E-state index contributed by atoms with van der Waals surface area (Å²) in [7, 11) is 0. The van der Waals surface area contributed by atoms with E-state index in [1.807, 2.05) is 13.8 Å². The van der Waals surface area contributed by atoms with Gasteiger partial charge in [-0.15, -0.1) is 0 Å². The van der Waals surface area contributed by atoms with Gasteiger partial charge in [0, 0.05) is 4.75 Å². The highest BCUT2D eigenvalue weighted by atomic mass is 33.2. The molecule has 1 saturated heterocycles. The van der Waals surface area contributed by atoms with Gasteiger partial charge in [0.15, 0.2) is 27.9 Å². The Morgan fingerprint density at radius 2 is 1.73 bits per heavy atom. The molecule has 2 aliphatic rings. The predicted octanol–water partition coefficient (Wildman–Crippen LogP) is 6.97. The summed E-state index contributed by atoms with van der Waals surface area (Å²) in [5.74, 6) is -9.56. The highest BCUT2D eigenvalue weighted by Gasteiger charge is 2.53. The number of fused-ring (bicyclic) bond motifs is 1. The Morgan fingerprint density at radius 3 is 2.27 bits per heavy atom. The molecular formula is C16H16F5OPS3. The second-order valence-corrected chi connectivity index (χ2v) is 17.4. The molecule has 0 radical (unpaired) electrons. The third-order valence-electron chi connectivity index (χ3n) is 4.82. The average molecular weight is 446 g/mol. The highest BCUT2D eigenvalue weighted by Crippen LogP contribution is 2.82. The number of hydrogen-bond acceptors (Lipinski definition) is 4. The maximum atomic E-state index is 14.0. The molecule has 144 valence electrons. The second kappa shape index (κ2) is 7.07. The first-order valence-electron chi connectivity index (χ1n) is 7.83. The first-order chi connectivity index (χ1) is 12.0. The molecule has 0 N–H and O–H groups in total. The molecule has 0 spiro atoms. The van der Waals surface area contributed by atoms with Crippen LogP contribution >= 0.6 is 27.4 Å². The molecule has 10 heteroatoms. The molecule has 1 aliphatic heterocycles. The normalized spacial score (nSPS) is 34.0. The molecule has 1 heterocycles. The molecule has 4 atom stereocenters. The Labute approximate surface area is 161 Å². The van der Waals surface area contributed by atoms with E-state index in [0.717, 1.165) is 18.4 Å². The summed E-state index contributed by atoms with van der Waals surface area (Å²) in [6, 6.07) is 0. The summed E-state index contributed by atoms with van der Waals surface area (Å²) < 4.78 is 70.9. The van der Waals surface area contributed by atoms with Gasteiger partial charge in [-0.1, -0.05) is 23.5 Å². The third kappa shape index (κ3) is 3.50. The zero-order valence-corrected chi connectivity index (χ0v) is 17.3. The molecule has 0 amide bonds. The summed E-state index contributed by atoms with van der Waals surface area (Å²) in [6.07, 6.45) is 2.15. The van der Waals surface area contributed by atoms with Crippen molar-refractivity contribution in [3.05, 3.63) is 41.2 Å². The molecule has 0 bridgehead atoms. The minimum Gasteiger partial charge on any atom is -0.329 e. The first-order valence-corrected chi connectivity index (χ1v) is 13.4. The summed E-state index contributed by atoms with van der Waals surface area (Å²) in [5, 5.41) is 0. The van der Waals surface area contributed by atoms with Crippen LogP contribution in [0.1, 0.15) is 33.1 Å². The van der Waals surface area contributed by atoms with Gasteiger partial charge in [0.1, 0.15) is 0 Å². The minimum atomic E-state index is -2.93. The molecule has 1 nitrogen and oxygen atoms in total. The standard InChI is InChI=1S/C16H16F5OPS3/c1-7(2)8-4-5-16(3)9(6-8)22-23(24,26-16)25-15-13(20)11(18)10(17)12(19)14(15)21/h8-9H,1,4-6H2,2-3H3/t8?,9?,16-,23+/m1/s1. The van der Waals surface area contributed by atoms with Crippen molar-refractivity contribution < 1.29 is 26.5 Å². The summed E-state index contributed by atoms with van der Waals surface area (Å²) >= 11 is 7.27. The molecule has 2 fully saturated rings. The van der Waals surface area contributed by atoms with E-state index in [0.29, 0.717) is 17.8 Å². The van der Waals surface area contributed by atoms with Crippen LogP contribution in [-0.2, 0) is 16.3 Å². The Bertz CT molecular complexity index is 804. The van der Waals surface area contributed by atoms with Crippen molar-refractivity contribution >= 4 is 39.2 Å². The van der Waals surface area contributed by atoms with Gasteiger partial charge < -0.3 is 4.52 Å². The lowest BCUT2D eigenvalue weighted by Gasteiger charge is -2.37. The van der Waals surface area contributed by atoms with Crippen LogP contribution in [0.4, 0.5) is 22.0 Å². The first kappa shape index (κ1) is 20.6. The van der Waals surface area contributed by atoms with Gasteiger partial charge in [-0.3, -0.25) is 0 Å². The van der Waals surface area contributed by atoms with Gasteiger partial charge in [-0.05, 0) is 62.2 Å². The van der Waals surface area contributed by atoms with Crippen LogP contribution < -0.4 is 0 Å². The zero-order valence-electron chi connectivity index (χ0n) is 14.0. The van der Waals surface area contributed by atoms with Gasteiger partial charge in [0.25, 0.3) is 0 Å². The van der Waals surface area contributed by atoms with Gasteiger partial charge >= 0.3 is 0 Å². The number of halogens is 5. The monoisotopic (exact) mass is 446 g/mol. The van der Waals surface area contributed by atoms with Crippen LogP contribution in [0.2, 0.25) is 0 Å². The molecule has 1 aromatic carbocycles. The van der Waals surface area contributed by atoms with E-state index in [1.165, 1.54) is 11.4 Å². The second-order valence-electron chi connectivity index (χ2n) is 6.75. The lowest BCUT2D eigenvalue weighted by molar-refractivity contribution is 0.129. The highest BCUT2D eigenvalue weighted by molar-refractivity contribution is 8.99. The zero-order chi connectivity index (χ0) is 19.4. The van der Waals surface area contributed by atoms with Crippen LogP contribution in [0, 0.1) is 35.0 Å². The summed E-state index contributed by atoms with van der Waals surface area (Å²) in [5.41, 5.74) is 1.04. The number of hydrogen-bond donors (Lipinski definition) is 0. The van der Waals surface area contributed by atoms with Crippen LogP contribution in [-0.4, -0.2) is 10.9 Å². The summed E-state index contributed by atoms with van der Waals surface area (Å²) in [4.78, 5) is -0.962. The van der Waals surface area contributed by atoms with Crippen molar-refractivity contribution in [1.82, 2.24) is 0 Å². The Kier molecular flexibility index (Phi) is 5.61. The molecule has 3 rings (SSSR count). The van der Waals surface area contributed by atoms with Crippen LogP contribution in [0.3, 0.4) is 0 Å². The van der Waals surface area contributed by atoms with E-state index < -0.39 is 38.7 Å². The number of rotatable bonds is 3. The number of benzene rings is 1. The van der Waals surface area contributed by atoms with Crippen molar-refractivity contribution in [1.29, 1.82) is 0 Å². The summed E-state index contributed by atoms with van der Waals surface area (Å²) in [6.45, 7) is 7.88. The Hall–Kier alpha value is -0.0800. The SMILES string of the molecule is C=C(C)C1CC[C@@]2(C)S[P@@](=S)(Sc3c(F)c(F)c(F)c(F)c3F)OC2C1. The van der Waals surface area contributed by atoms with Gasteiger partial charge in [-0.2, -0.15) is 0 Å². The predicted molar refractivity (Wildman–Crippen MR) is 99.4 cm³/mol. The van der Waals surface area contributed by atoms with E-state index >= 15 is 0 Å². The molecule has 1 aromatic rings. The van der Waals surface area contributed by atoms with Crippen molar-refractivity contribution in [3.63, 3.8) is 0 Å². The van der Waals surface area contributed by atoms with Crippen molar-refractivity contribution in [2.45, 2.75) is 48.9 Å². The van der Waals surface area contributed by atoms with E-state index in [4.69, 9.17) is 16.3 Å². The van der Waals surface area contributed by atoms with Crippen LogP contribution in [0.5, 0.6) is 0 Å². The van der Waals surface area contributed by atoms with E-state index in [9.17, 15) is 22.0 Å². The van der Waals surface area contributed by atoms with Crippen molar-refractivity contribution in [2.24, 2.45) is 5.92 Å². The quantitative estimate of drug-likeness (QED) is 0.163. The van der Waals surface area contributed by atoms with Crippen molar-refractivity contribution in [3.8, 4) is 0 Å².